The van der Waals surface area contributed by atoms with Crippen molar-refractivity contribution in [2.45, 2.75) is 19.9 Å². The first kappa shape index (κ1) is 22.4. The average Bonchev–Trinajstić information content (AvgIpc) is 3.46. The van der Waals surface area contributed by atoms with Gasteiger partial charge in [0.05, 0.1) is 19.4 Å². The van der Waals surface area contributed by atoms with E-state index >= 15 is 0 Å². The Morgan fingerprint density at radius 2 is 1.77 bits per heavy atom. The lowest BCUT2D eigenvalue weighted by Gasteiger charge is -2.27. The average molecular weight is 424 g/mol. The molecule has 0 atom stereocenters. The molecule has 0 aliphatic rings. The van der Waals surface area contributed by atoms with E-state index in [2.05, 4.69) is 0 Å². The van der Waals surface area contributed by atoms with Crippen molar-refractivity contribution in [2.75, 3.05) is 33.4 Å². The highest BCUT2D eigenvalue weighted by molar-refractivity contribution is 5.94. The van der Waals surface area contributed by atoms with Crippen LogP contribution in [-0.2, 0) is 22.5 Å². The molecule has 0 aliphatic carbocycles. The van der Waals surface area contributed by atoms with Gasteiger partial charge in [0, 0.05) is 20.2 Å². The van der Waals surface area contributed by atoms with Crippen LogP contribution in [0.1, 0.15) is 27.6 Å². The summed E-state index contributed by atoms with van der Waals surface area (Å²) in [7, 11) is 1.56. The summed E-state index contributed by atoms with van der Waals surface area (Å²) in [4.78, 5) is 29.2. The van der Waals surface area contributed by atoms with Gasteiger partial charge in [-0.2, -0.15) is 0 Å². The molecule has 0 unspecified atom stereocenters. The molecule has 2 aromatic heterocycles. The van der Waals surface area contributed by atoms with Crippen LogP contribution >= 0.6 is 0 Å². The van der Waals surface area contributed by atoms with Crippen molar-refractivity contribution in [2.24, 2.45) is 0 Å². The number of nitrogens with zero attached hydrogens (tertiary/aromatic N) is 2. The number of hydrogen-bond donors (Lipinski definition) is 0. The van der Waals surface area contributed by atoms with E-state index < -0.39 is 0 Å². The van der Waals surface area contributed by atoms with Crippen LogP contribution in [0, 0.1) is 6.92 Å². The molecule has 0 N–H and O–H groups in total. The Morgan fingerprint density at radius 3 is 2.42 bits per heavy atom. The van der Waals surface area contributed by atoms with Crippen LogP contribution < -0.4 is 0 Å². The molecule has 0 bridgehead atoms. The molecule has 3 aromatic rings. The van der Waals surface area contributed by atoms with Crippen LogP contribution in [0.4, 0.5) is 0 Å². The summed E-state index contributed by atoms with van der Waals surface area (Å²) >= 11 is 0. The number of hydrogen-bond acceptors (Lipinski definition) is 5. The van der Waals surface area contributed by atoms with E-state index in [9.17, 15) is 9.59 Å². The molecule has 2 heterocycles. The third kappa shape index (κ3) is 6.58. The molecule has 0 saturated carbocycles. The van der Waals surface area contributed by atoms with E-state index in [0.29, 0.717) is 31.9 Å². The van der Waals surface area contributed by atoms with Crippen LogP contribution in [0.5, 0.6) is 0 Å². The fourth-order valence-electron chi connectivity index (χ4n) is 3.23. The monoisotopic (exact) mass is 424 g/mol. The second-order valence-corrected chi connectivity index (χ2v) is 7.26. The smallest absolute Gasteiger partial charge is 0.290 e. The molecule has 0 spiro atoms. The van der Waals surface area contributed by atoms with Gasteiger partial charge in [0.1, 0.15) is 18.1 Å². The first-order chi connectivity index (χ1) is 15.1. The predicted molar refractivity (Wildman–Crippen MR) is 115 cm³/mol. The molecule has 0 fully saturated rings. The van der Waals surface area contributed by atoms with Gasteiger partial charge < -0.3 is 23.4 Å². The molecular weight excluding hydrogens is 396 g/mol. The van der Waals surface area contributed by atoms with Crippen LogP contribution in [0.25, 0.3) is 0 Å². The Bertz CT molecular complexity index is 950. The van der Waals surface area contributed by atoms with Gasteiger partial charge in [-0.1, -0.05) is 30.3 Å². The minimum atomic E-state index is -0.341. The van der Waals surface area contributed by atoms with E-state index in [-0.39, 0.29) is 30.7 Å². The summed E-state index contributed by atoms with van der Waals surface area (Å²) in [6.45, 7) is 3.25. The minimum absolute atomic E-state index is 0.0720. The van der Waals surface area contributed by atoms with Gasteiger partial charge in [-0.05, 0) is 43.2 Å². The minimum Gasteiger partial charge on any atom is -0.464 e. The van der Waals surface area contributed by atoms with Gasteiger partial charge in [0.2, 0.25) is 5.91 Å². The lowest BCUT2D eigenvalue weighted by atomic mass is 10.1. The van der Waals surface area contributed by atoms with Gasteiger partial charge in [0.25, 0.3) is 5.91 Å². The van der Waals surface area contributed by atoms with E-state index in [1.54, 1.807) is 24.1 Å². The van der Waals surface area contributed by atoms with Crippen LogP contribution in [0.15, 0.2) is 69.7 Å². The maximum Gasteiger partial charge on any atom is 0.290 e. The standard InChI is InChI=1S/C24H28N2O5/c1-19-10-11-21(31-19)17-25(13-12-20-7-4-3-5-8-20)23(27)18-26(14-16-29-2)24(28)22-9-6-15-30-22/h3-11,15H,12-14,16-18H2,1-2H3. The normalized spacial score (nSPS) is 10.8. The third-order valence-corrected chi connectivity index (χ3v) is 4.92. The molecule has 31 heavy (non-hydrogen) atoms. The van der Waals surface area contributed by atoms with Gasteiger partial charge >= 0.3 is 0 Å². The highest BCUT2D eigenvalue weighted by atomic mass is 16.5. The number of ether oxygens (including phenoxy) is 1. The molecule has 7 nitrogen and oxygen atoms in total. The lowest BCUT2D eigenvalue weighted by molar-refractivity contribution is -0.132. The summed E-state index contributed by atoms with van der Waals surface area (Å²) in [5.41, 5.74) is 1.14. The number of amides is 2. The molecule has 3 rings (SSSR count). The quantitative estimate of drug-likeness (QED) is 0.471. The fourth-order valence-corrected chi connectivity index (χ4v) is 3.23. The molecular formula is C24H28N2O5. The second kappa shape index (κ2) is 11.2. The van der Waals surface area contributed by atoms with Crippen molar-refractivity contribution in [1.82, 2.24) is 9.80 Å². The van der Waals surface area contributed by atoms with E-state index in [1.807, 2.05) is 49.4 Å². The highest BCUT2D eigenvalue weighted by Gasteiger charge is 2.24. The van der Waals surface area contributed by atoms with Crippen LogP contribution in [0.2, 0.25) is 0 Å². The Labute approximate surface area is 182 Å². The molecule has 0 saturated heterocycles. The Morgan fingerprint density at radius 1 is 0.968 bits per heavy atom. The number of methoxy groups -OCH3 is 1. The number of benzene rings is 1. The molecule has 164 valence electrons. The molecule has 0 radical (unpaired) electrons. The van der Waals surface area contributed by atoms with Gasteiger partial charge in [-0.3, -0.25) is 9.59 Å². The molecule has 0 aliphatic heterocycles. The maximum atomic E-state index is 13.2. The van der Waals surface area contributed by atoms with Crippen molar-refractivity contribution >= 4 is 11.8 Å². The summed E-state index contributed by atoms with van der Waals surface area (Å²) in [5, 5.41) is 0. The predicted octanol–water partition coefficient (Wildman–Crippen LogP) is 3.54. The Balaban J connectivity index is 1.73. The van der Waals surface area contributed by atoms with Crippen LogP contribution in [-0.4, -0.2) is 55.0 Å². The van der Waals surface area contributed by atoms with Crippen molar-refractivity contribution in [3.05, 3.63) is 83.7 Å². The molecule has 1 aromatic carbocycles. The van der Waals surface area contributed by atoms with E-state index in [0.717, 1.165) is 11.3 Å². The number of carbonyl (C=O) groups is 2. The first-order valence-corrected chi connectivity index (χ1v) is 10.3. The van der Waals surface area contributed by atoms with Gasteiger partial charge in [-0.15, -0.1) is 0 Å². The largest absolute Gasteiger partial charge is 0.464 e. The van der Waals surface area contributed by atoms with Crippen molar-refractivity contribution in [1.29, 1.82) is 0 Å². The van der Waals surface area contributed by atoms with Crippen molar-refractivity contribution in [3.8, 4) is 0 Å². The van der Waals surface area contributed by atoms with Crippen molar-refractivity contribution < 1.29 is 23.2 Å². The van der Waals surface area contributed by atoms with E-state index in [4.69, 9.17) is 13.6 Å². The zero-order valence-electron chi connectivity index (χ0n) is 18.0. The van der Waals surface area contributed by atoms with Gasteiger partial charge in [0.15, 0.2) is 5.76 Å². The Hall–Kier alpha value is -3.32. The zero-order valence-corrected chi connectivity index (χ0v) is 18.0. The Kier molecular flexibility index (Phi) is 8.06. The zero-order chi connectivity index (χ0) is 22.1. The number of rotatable bonds is 11. The second-order valence-electron chi connectivity index (χ2n) is 7.26. The molecule has 2 amide bonds. The number of furan rings is 2. The highest BCUT2D eigenvalue weighted by Crippen LogP contribution is 2.13. The SMILES string of the molecule is COCCN(CC(=O)N(CCc1ccccc1)Cc1ccc(C)o1)C(=O)c1ccco1. The van der Waals surface area contributed by atoms with Gasteiger partial charge in [-0.25, -0.2) is 0 Å². The number of carbonyl (C=O) groups excluding carboxylic acids is 2. The summed E-state index contributed by atoms with van der Waals surface area (Å²) < 4.78 is 16.0. The molecule has 7 heteroatoms. The fraction of sp³-hybridized carbons (Fsp3) is 0.333. The third-order valence-electron chi connectivity index (χ3n) is 4.92. The van der Waals surface area contributed by atoms with E-state index in [1.165, 1.54) is 11.2 Å². The lowest BCUT2D eigenvalue weighted by Crippen LogP contribution is -2.44. The summed E-state index contributed by atoms with van der Waals surface area (Å²) in [5.74, 6) is 1.19. The summed E-state index contributed by atoms with van der Waals surface area (Å²) in [6, 6.07) is 17.0. The maximum absolute atomic E-state index is 13.2. The van der Waals surface area contributed by atoms with Crippen molar-refractivity contribution in [3.63, 3.8) is 0 Å². The summed E-state index contributed by atoms with van der Waals surface area (Å²) in [6.07, 6.45) is 2.14. The topological polar surface area (TPSA) is 76.1 Å². The number of aryl methyl sites for hydroxylation is 1. The first-order valence-electron chi connectivity index (χ1n) is 10.3. The van der Waals surface area contributed by atoms with Crippen LogP contribution in [0.3, 0.4) is 0 Å².